The summed E-state index contributed by atoms with van der Waals surface area (Å²) in [6, 6.07) is 24.3. The van der Waals surface area contributed by atoms with Crippen LogP contribution in [-0.2, 0) is 33.3 Å². The quantitative estimate of drug-likeness (QED) is 0.143. The minimum Gasteiger partial charge on any atom is -0.350 e. The number of carbonyl (C=O) groups excluding carboxylic acids is 4. The number of hydrogen-bond acceptors (Lipinski definition) is 5. The molecule has 0 spiro atoms. The number of carbonyl (C=O) groups is 4. The van der Waals surface area contributed by atoms with Gasteiger partial charge in [0.15, 0.2) is 0 Å². The summed E-state index contributed by atoms with van der Waals surface area (Å²) < 4.78 is 4.15. The molecule has 0 unspecified atom stereocenters. The van der Waals surface area contributed by atoms with Crippen molar-refractivity contribution in [3.8, 4) is 22.3 Å². The number of aromatic nitrogens is 2. The molecule has 4 amide bonds. The molecule has 6 aromatic rings. The third-order valence-corrected chi connectivity index (χ3v) is 13.8. The van der Waals surface area contributed by atoms with Crippen molar-refractivity contribution in [2.45, 2.75) is 23.6 Å². The van der Waals surface area contributed by atoms with Crippen molar-refractivity contribution < 1.29 is 19.2 Å². The predicted octanol–water partition coefficient (Wildman–Crippen LogP) is 8.87. The second kappa shape index (κ2) is 17.7. The molecule has 312 valence electrons. The van der Waals surface area contributed by atoms with Gasteiger partial charge in [-0.2, -0.15) is 0 Å². The minimum absolute atomic E-state index is 0.0123. The highest BCUT2D eigenvalue weighted by Crippen LogP contribution is 2.48. The third-order valence-electron chi connectivity index (χ3n) is 11.7. The Labute approximate surface area is 369 Å². The van der Waals surface area contributed by atoms with Crippen molar-refractivity contribution in [1.82, 2.24) is 28.7 Å². The van der Waals surface area contributed by atoms with Crippen LogP contribution in [0, 0.1) is 0 Å². The molecule has 4 aromatic carbocycles. The molecule has 2 aliphatic heterocycles. The number of piperazine rings is 2. The molecule has 0 saturated carbocycles. The first-order valence-electron chi connectivity index (χ1n) is 20.3. The lowest BCUT2D eigenvalue weighted by Crippen LogP contribution is -2.49. The Morgan fingerprint density at radius 1 is 0.525 bits per heavy atom. The average Bonchev–Trinajstić information content (AvgIpc) is 3.85. The molecule has 2 aliphatic rings. The van der Waals surface area contributed by atoms with E-state index < -0.39 is 0 Å². The SMILES string of the molecule is CC(=O)N1CCN(C(=O)/C=C/c2ccc(Sc3ccc(/C=C/C(=O)N4CCN(C(C)=O)CC4)c(-c4cccc5ccn(C)c45)c3Cl)c(Cl)c2-c2cccc3ccn(C)c23)CC1. The molecule has 0 aliphatic carbocycles. The Hall–Kier alpha value is -5.75. The highest BCUT2D eigenvalue weighted by Gasteiger charge is 2.25. The summed E-state index contributed by atoms with van der Waals surface area (Å²) in [6.45, 7) is 7.03. The van der Waals surface area contributed by atoms with Crippen molar-refractivity contribution in [3.63, 3.8) is 0 Å². The summed E-state index contributed by atoms with van der Waals surface area (Å²) in [5.74, 6) is -0.226. The van der Waals surface area contributed by atoms with Gasteiger partial charge in [0.25, 0.3) is 0 Å². The van der Waals surface area contributed by atoms with Gasteiger partial charge in [0.05, 0.1) is 21.1 Å². The minimum atomic E-state index is -0.125. The number of benzene rings is 4. The molecule has 61 heavy (non-hydrogen) atoms. The van der Waals surface area contributed by atoms with Crippen LogP contribution < -0.4 is 0 Å². The van der Waals surface area contributed by atoms with Gasteiger partial charge >= 0.3 is 0 Å². The zero-order chi connectivity index (χ0) is 42.9. The Bertz CT molecular complexity index is 2590. The molecule has 0 atom stereocenters. The van der Waals surface area contributed by atoms with E-state index in [1.54, 1.807) is 45.6 Å². The van der Waals surface area contributed by atoms with E-state index in [0.717, 1.165) is 65.0 Å². The van der Waals surface area contributed by atoms with E-state index in [4.69, 9.17) is 23.2 Å². The van der Waals surface area contributed by atoms with Crippen LogP contribution in [0.3, 0.4) is 0 Å². The first-order valence-corrected chi connectivity index (χ1v) is 21.8. The molecule has 0 radical (unpaired) electrons. The monoisotopic (exact) mass is 872 g/mol. The van der Waals surface area contributed by atoms with Gasteiger partial charge < -0.3 is 28.7 Å². The summed E-state index contributed by atoms with van der Waals surface area (Å²) in [7, 11) is 4.01. The molecule has 8 rings (SSSR count). The van der Waals surface area contributed by atoms with Crippen LogP contribution in [0.4, 0.5) is 0 Å². The zero-order valence-corrected chi connectivity index (χ0v) is 36.9. The van der Waals surface area contributed by atoms with Crippen molar-refractivity contribution in [2.75, 3.05) is 52.4 Å². The van der Waals surface area contributed by atoms with Gasteiger partial charge in [-0.15, -0.1) is 0 Å². The fourth-order valence-corrected chi connectivity index (χ4v) is 10.0. The molecule has 10 nitrogen and oxygen atoms in total. The third kappa shape index (κ3) is 8.47. The Kier molecular flexibility index (Phi) is 12.2. The second-order valence-corrected chi connectivity index (χ2v) is 17.3. The largest absolute Gasteiger partial charge is 0.350 e. The van der Waals surface area contributed by atoms with Crippen LogP contribution in [0.2, 0.25) is 10.0 Å². The van der Waals surface area contributed by atoms with E-state index in [2.05, 4.69) is 45.5 Å². The topological polar surface area (TPSA) is 91.1 Å². The maximum absolute atomic E-state index is 13.5. The number of halogens is 2. The normalized spacial score (nSPS) is 14.9. The van der Waals surface area contributed by atoms with Gasteiger partial charge in [-0.25, -0.2) is 0 Å². The van der Waals surface area contributed by atoms with Gasteiger partial charge in [-0.1, -0.05) is 83.5 Å². The van der Waals surface area contributed by atoms with Gasteiger partial charge in [0.1, 0.15) is 0 Å². The molecular formula is C48H46Cl2N6O4S. The first kappa shape index (κ1) is 42.0. The number of para-hydroxylation sites is 2. The fourth-order valence-electron chi connectivity index (χ4n) is 8.38. The zero-order valence-electron chi connectivity index (χ0n) is 34.5. The maximum atomic E-state index is 13.5. The number of rotatable bonds is 8. The highest BCUT2D eigenvalue weighted by atomic mass is 35.5. The van der Waals surface area contributed by atoms with E-state index in [1.807, 2.05) is 75.0 Å². The summed E-state index contributed by atoms with van der Waals surface area (Å²) in [5, 5.41) is 3.16. The number of hydrogen-bond donors (Lipinski definition) is 0. The van der Waals surface area contributed by atoms with Crippen molar-refractivity contribution in [2.24, 2.45) is 14.1 Å². The van der Waals surface area contributed by atoms with Crippen LogP contribution in [-0.4, -0.2) is 105 Å². The van der Waals surface area contributed by atoms with Gasteiger partial charge in [-0.3, -0.25) is 19.2 Å². The summed E-state index contributed by atoms with van der Waals surface area (Å²) in [6.07, 6.45) is 10.9. The molecule has 13 heteroatoms. The molecule has 2 fully saturated rings. The lowest BCUT2D eigenvalue weighted by atomic mass is 9.97. The number of fused-ring (bicyclic) bond motifs is 2. The van der Waals surface area contributed by atoms with Crippen LogP contribution in [0.25, 0.3) is 56.2 Å². The van der Waals surface area contributed by atoms with E-state index in [0.29, 0.717) is 62.4 Å². The fraction of sp³-hybridized carbons (Fsp3) is 0.250. The highest BCUT2D eigenvalue weighted by molar-refractivity contribution is 7.99. The number of aryl methyl sites for hydroxylation is 2. The molecule has 2 aromatic heterocycles. The van der Waals surface area contributed by atoms with Crippen molar-refractivity contribution in [3.05, 3.63) is 119 Å². The van der Waals surface area contributed by atoms with Gasteiger partial charge in [-0.05, 0) is 47.5 Å². The summed E-state index contributed by atoms with van der Waals surface area (Å²) >= 11 is 16.5. The van der Waals surface area contributed by atoms with E-state index in [9.17, 15) is 19.2 Å². The Morgan fingerprint density at radius 2 is 0.902 bits per heavy atom. The predicted molar refractivity (Wildman–Crippen MR) is 247 cm³/mol. The smallest absolute Gasteiger partial charge is 0.246 e. The molecule has 0 N–H and O–H groups in total. The number of amides is 4. The van der Waals surface area contributed by atoms with Crippen molar-refractivity contribution in [1.29, 1.82) is 0 Å². The number of nitrogens with zero attached hydrogens (tertiary/aromatic N) is 6. The van der Waals surface area contributed by atoms with Crippen molar-refractivity contribution >= 4 is 92.6 Å². The summed E-state index contributed by atoms with van der Waals surface area (Å²) in [5.41, 5.74) is 7.02. The standard InChI is InChI=1S/C48H46Cl2N6O4S/c1-31(57)53-23-27-55(28-24-53)41(59)17-13-33-11-15-39(45(49)43(33)37-9-5-7-35-19-21-51(3)47(35)37)61-40-16-12-34(14-18-42(60)56-29-25-54(26-30-56)32(2)58)44(46(40)50)38-10-6-8-36-20-22-52(4)48(36)38/h5-22H,23-30H2,1-4H3/b17-13+,18-14+. The van der Waals surface area contributed by atoms with Crippen LogP contribution in [0.1, 0.15) is 25.0 Å². The maximum Gasteiger partial charge on any atom is 0.246 e. The molecule has 0 bridgehead atoms. The lowest BCUT2D eigenvalue weighted by molar-refractivity contribution is -0.135. The first-order chi connectivity index (χ1) is 29.4. The van der Waals surface area contributed by atoms with E-state index >= 15 is 0 Å². The molecule has 2 saturated heterocycles. The molecular weight excluding hydrogens is 828 g/mol. The second-order valence-electron chi connectivity index (χ2n) is 15.5. The van der Waals surface area contributed by atoms with Gasteiger partial charge in [0.2, 0.25) is 23.6 Å². The summed E-state index contributed by atoms with van der Waals surface area (Å²) in [4.78, 5) is 59.3. The van der Waals surface area contributed by atoms with Crippen LogP contribution >= 0.6 is 35.0 Å². The lowest BCUT2D eigenvalue weighted by Gasteiger charge is -2.33. The molecule has 4 heterocycles. The van der Waals surface area contributed by atoms with E-state index in [1.165, 1.54) is 11.8 Å². The average molecular weight is 874 g/mol. The van der Waals surface area contributed by atoms with Crippen LogP contribution in [0.15, 0.2) is 107 Å². The van der Waals surface area contributed by atoms with Gasteiger partial charge in [0, 0.05) is 148 Å². The van der Waals surface area contributed by atoms with E-state index in [-0.39, 0.29) is 23.6 Å². The Morgan fingerprint density at radius 3 is 1.28 bits per heavy atom. The van der Waals surface area contributed by atoms with Crippen LogP contribution in [0.5, 0.6) is 0 Å². The Balaban J connectivity index is 1.18.